The van der Waals surface area contributed by atoms with Gasteiger partial charge in [-0.3, -0.25) is 0 Å². The van der Waals surface area contributed by atoms with E-state index in [9.17, 15) is 18.0 Å². The summed E-state index contributed by atoms with van der Waals surface area (Å²) in [7, 11) is 0. The third-order valence-electron chi connectivity index (χ3n) is 4.72. The summed E-state index contributed by atoms with van der Waals surface area (Å²) in [6.07, 6.45) is -1.25. The Kier molecular flexibility index (Phi) is 5.51. The summed E-state index contributed by atoms with van der Waals surface area (Å²) < 4.78 is 38.3. The minimum Gasteiger partial charge on any atom is -0.465 e. The summed E-state index contributed by atoms with van der Waals surface area (Å²) in [6, 6.07) is 0.862. The fourth-order valence-corrected chi connectivity index (χ4v) is 3.05. The molecule has 1 aromatic heterocycles. The third-order valence-corrected chi connectivity index (χ3v) is 4.72. The molecule has 0 aromatic carbocycles. The van der Waals surface area contributed by atoms with E-state index in [1.807, 2.05) is 0 Å². The number of carbonyl (C=O) groups is 1. The Morgan fingerprint density at radius 1 is 1.42 bits per heavy atom. The van der Waals surface area contributed by atoms with Gasteiger partial charge in [-0.2, -0.15) is 13.2 Å². The Morgan fingerprint density at radius 3 is 2.62 bits per heavy atom. The quantitative estimate of drug-likeness (QED) is 0.856. The normalized spacial score (nSPS) is 17.6. The van der Waals surface area contributed by atoms with Gasteiger partial charge in [-0.1, -0.05) is 13.3 Å². The lowest BCUT2D eigenvalue weighted by Crippen LogP contribution is -2.42. The molecule has 1 aromatic rings. The molecule has 0 saturated carbocycles. The minimum atomic E-state index is -4.48. The van der Waals surface area contributed by atoms with E-state index in [1.54, 1.807) is 4.90 Å². The second-order valence-electron chi connectivity index (χ2n) is 6.06. The number of carboxylic acid groups (broad SMARTS) is 1. The van der Waals surface area contributed by atoms with Crippen molar-refractivity contribution in [1.29, 1.82) is 0 Å². The van der Waals surface area contributed by atoms with E-state index in [4.69, 9.17) is 5.11 Å². The Hall–Kier alpha value is -2.06. The molecule has 1 amide bonds. The van der Waals surface area contributed by atoms with Gasteiger partial charge in [0.2, 0.25) is 5.95 Å². The molecule has 1 fully saturated rings. The van der Waals surface area contributed by atoms with E-state index in [-0.39, 0.29) is 11.4 Å². The van der Waals surface area contributed by atoms with Crippen molar-refractivity contribution in [3.63, 3.8) is 0 Å². The van der Waals surface area contributed by atoms with E-state index in [0.29, 0.717) is 26.1 Å². The van der Waals surface area contributed by atoms with Crippen LogP contribution in [0.2, 0.25) is 0 Å². The molecule has 0 atom stereocenters. The van der Waals surface area contributed by atoms with Gasteiger partial charge < -0.3 is 15.3 Å². The zero-order chi connectivity index (χ0) is 17.8. The number of rotatable bonds is 5. The molecule has 2 N–H and O–H groups in total. The number of aromatic nitrogens is 2. The van der Waals surface area contributed by atoms with Crippen LogP contribution in [-0.2, 0) is 6.18 Å². The van der Waals surface area contributed by atoms with Crippen molar-refractivity contribution in [2.24, 2.45) is 5.41 Å². The molecule has 9 heteroatoms. The molecule has 0 aliphatic carbocycles. The lowest BCUT2D eigenvalue weighted by atomic mass is 9.73. The number of nitrogens with one attached hydrogen (secondary N) is 1. The smallest absolute Gasteiger partial charge is 0.433 e. The van der Waals surface area contributed by atoms with Crippen LogP contribution < -0.4 is 10.2 Å². The molecule has 2 heterocycles. The van der Waals surface area contributed by atoms with Crippen LogP contribution in [-0.4, -0.2) is 40.8 Å². The molecule has 1 aliphatic heterocycles. The average molecular weight is 346 g/mol. The molecule has 0 radical (unpaired) electrons. The number of hydrogen-bond acceptors (Lipinski definition) is 4. The first kappa shape index (κ1) is 18.3. The maximum Gasteiger partial charge on any atom is 0.433 e. The SMILES string of the molecule is CCC1(CCNC(=O)O)CCN(c2nccc(C(F)(F)F)n2)CC1. The molecule has 0 unspecified atom stereocenters. The van der Waals surface area contributed by atoms with Crippen LogP contribution in [0.15, 0.2) is 12.3 Å². The van der Waals surface area contributed by atoms with E-state index in [0.717, 1.165) is 31.5 Å². The van der Waals surface area contributed by atoms with Crippen LogP contribution in [0.1, 0.15) is 38.3 Å². The number of alkyl halides is 3. The monoisotopic (exact) mass is 346 g/mol. The standard InChI is InChI=1S/C15H21F3N4O2/c1-2-14(4-8-20-13(23)24)5-9-22(10-6-14)12-19-7-3-11(21-12)15(16,17)18/h3,7,20H,2,4-6,8-10H2,1H3,(H,23,24). The predicted molar refractivity (Wildman–Crippen MR) is 81.8 cm³/mol. The molecular weight excluding hydrogens is 325 g/mol. The van der Waals surface area contributed by atoms with Crippen molar-refractivity contribution in [1.82, 2.24) is 15.3 Å². The van der Waals surface area contributed by atoms with Gasteiger partial charge in [-0.05, 0) is 30.7 Å². The topological polar surface area (TPSA) is 78.4 Å². The number of nitrogens with zero attached hydrogens (tertiary/aromatic N) is 3. The van der Waals surface area contributed by atoms with Crippen molar-refractivity contribution in [3.05, 3.63) is 18.0 Å². The Bertz CT molecular complexity index is 572. The Labute approximate surface area is 138 Å². The van der Waals surface area contributed by atoms with Crippen LogP contribution in [0.5, 0.6) is 0 Å². The van der Waals surface area contributed by atoms with Crippen LogP contribution in [0.3, 0.4) is 0 Å². The lowest BCUT2D eigenvalue weighted by Gasteiger charge is -2.41. The number of anilines is 1. The molecule has 24 heavy (non-hydrogen) atoms. The Balaban J connectivity index is 2.00. The molecule has 0 spiro atoms. The van der Waals surface area contributed by atoms with Gasteiger partial charge in [-0.15, -0.1) is 0 Å². The summed E-state index contributed by atoms with van der Waals surface area (Å²) in [5, 5.41) is 11.0. The first-order valence-electron chi connectivity index (χ1n) is 7.88. The van der Waals surface area contributed by atoms with Gasteiger partial charge in [-0.25, -0.2) is 14.8 Å². The van der Waals surface area contributed by atoms with E-state index < -0.39 is 18.0 Å². The lowest BCUT2D eigenvalue weighted by molar-refractivity contribution is -0.141. The average Bonchev–Trinajstić information content (AvgIpc) is 2.54. The van der Waals surface area contributed by atoms with Crippen molar-refractivity contribution in [2.45, 2.75) is 38.8 Å². The van der Waals surface area contributed by atoms with Crippen molar-refractivity contribution in [2.75, 3.05) is 24.5 Å². The zero-order valence-corrected chi connectivity index (χ0v) is 13.4. The number of amides is 1. The highest BCUT2D eigenvalue weighted by Crippen LogP contribution is 2.39. The van der Waals surface area contributed by atoms with Crippen molar-refractivity contribution < 1.29 is 23.1 Å². The van der Waals surface area contributed by atoms with Crippen molar-refractivity contribution >= 4 is 12.0 Å². The van der Waals surface area contributed by atoms with Gasteiger partial charge in [0.05, 0.1) is 0 Å². The van der Waals surface area contributed by atoms with E-state index in [2.05, 4.69) is 22.2 Å². The maximum atomic E-state index is 12.8. The summed E-state index contributed by atoms with van der Waals surface area (Å²) in [6.45, 7) is 3.55. The summed E-state index contributed by atoms with van der Waals surface area (Å²) in [4.78, 5) is 19.9. The van der Waals surface area contributed by atoms with Gasteiger partial charge in [0, 0.05) is 25.8 Å². The summed E-state index contributed by atoms with van der Waals surface area (Å²) in [5.74, 6) is 0.0955. The van der Waals surface area contributed by atoms with Gasteiger partial charge >= 0.3 is 12.3 Å². The molecular formula is C15H21F3N4O2. The number of halogens is 3. The zero-order valence-electron chi connectivity index (χ0n) is 13.4. The molecule has 1 saturated heterocycles. The first-order valence-corrected chi connectivity index (χ1v) is 7.88. The predicted octanol–water partition coefficient (Wildman–Crippen LogP) is 3.15. The van der Waals surface area contributed by atoms with Crippen LogP contribution in [0, 0.1) is 5.41 Å². The molecule has 134 valence electrons. The number of hydrogen-bond donors (Lipinski definition) is 2. The molecule has 2 rings (SSSR count). The maximum absolute atomic E-state index is 12.8. The fraction of sp³-hybridized carbons (Fsp3) is 0.667. The Morgan fingerprint density at radius 2 is 2.08 bits per heavy atom. The highest BCUT2D eigenvalue weighted by atomic mass is 19.4. The molecule has 1 aliphatic rings. The number of piperidine rings is 1. The second-order valence-corrected chi connectivity index (χ2v) is 6.06. The first-order chi connectivity index (χ1) is 11.3. The van der Waals surface area contributed by atoms with Gasteiger partial charge in [0.25, 0.3) is 0 Å². The largest absolute Gasteiger partial charge is 0.465 e. The fourth-order valence-electron chi connectivity index (χ4n) is 3.05. The van der Waals surface area contributed by atoms with Crippen LogP contribution >= 0.6 is 0 Å². The van der Waals surface area contributed by atoms with Crippen molar-refractivity contribution in [3.8, 4) is 0 Å². The van der Waals surface area contributed by atoms with Crippen LogP contribution in [0.25, 0.3) is 0 Å². The van der Waals surface area contributed by atoms with Crippen LogP contribution in [0.4, 0.5) is 23.9 Å². The van der Waals surface area contributed by atoms with E-state index in [1.165, 1.54) is 0 Å². The molecule has 6 nitrogen and oxygen atoms in total. The minimum absolute atomic E-state index is 0.000583. The highest BCUT2D eigenvalue weighted by Gasteiger charge is 2.36. The third kappa shape index (κ3) is 4.48. The van der Waals surface area contributed by atoms with Gasteiger partial charge in [0.1, 0.15) is 5.69 Å². The van der Waals surface area contributed by atoms with E-state index >= 15 is 0 Å². The summed E-state index contributed by atoms with van der Waals surface area (Å²) >= 11 is 0. The molecule has 0 bridgehead atoms. The summed E-state index contributed by atoms with van der Waals surface area (Å²) in [5.41, 5.74) is -0.939. The van der Waals surface area contributed by atoms with Gasteiger partial charge in [0.15, 0.2) is 0 Å². The second kappa shape index (κ2) is 7.23. The highest BCUT2D eigenvalue weighted by molar-refractivity contribution is 5.64.